The molecule has 1 saturated heterocycles. The van der Waals surface area contributed by atoms with Crippen LogP contribution in [0.25, 0.3) is 11.0 Å². The van der Waals surface area contributed by atoms with Crippen molar-refractivity contribution in [3.63, 3.8) is 0 Å². The van der Waals surface area contributed by atoms with Crippen LogP contribution in [0.4, 0.5) is 0 Å². The summed E-state index contributed by atoms with van der Waals surface area (Å²) < 4.78 is 6.02. The highest BCUT2D eigenvalue weighted by molar-refractivity contribution is 5.78. The van der Waals surface area contributed by atoms with Gasteiger partial charge in [0.15, 0.2) is 0 Å². The van der Waals surface area contributed by atoms with Gasteiger partial charge in [-0.2, -0.15) is 0 Å². The minimum atomic E-state index is 0.296. The summed E-state index contributed by atoms with van der Waals surface area (Å²) in [7, 11) is 0. The van der Waals surface area contributed by atoms with Gasteiger partial charge in [-0.15, -0.1) is 0 Å². The molecule has 5 heteroatoms. The van der Waals surface area contributed by atoms with Crippen LogP contribution in [0.1, 0.15) is 54.8 Å². The molecule has 3 aromatic carbocycles. The third-order valence-corrected chi connectivity index (χ3v) is 7.38. The van der Waals surface area contributed by atoms with Crippen molar-refractivity contribution < 1.29 is 4.74 Å². The lowest BCUT2D eigenvalue weighted by molar-refractivity contribution is 0.235. The Balaban J connectivity index is 1.23. The lowest BCUT2D eigenvalue weighted by Gasteiger charge is -2.37. The third-order valence-electron chi connectivity index (χ3n) is 7.38. The molecule has 5 nitrogen and oxygen atoms in total. The normalized spacial score (nSPS) is 22.3. The minimum absolute atomic E-state index is 0.296. The van der Waals surface area contributed by atoms with E-state index >= 15 is 0 Å². The number of benzene rings is 3. The molecule has 4 aromatic rings. The van der Waals surface area contributed by atoms with Crippen LogP contribution in [-0.4, -0.2) is 22.1 Å². The van der Waals surface area contributed by atoms with Gasteiger partial charge < -0.3 is 4.74 Å². The highest BCUT2D eigenvalue weighted by atomic mass is 16.5. The van der Waals surface area contributed by atoms with Gasteiger partial charge in [0.1, 0.15) is 11.5 Å². The monoisotopic (exact) mass is 450 g/mol. The fourth-order valence-corrected chi connectivity index (χ4v) is 5.53. The first kappa shape index (κ1) is 21.3. The zero-order valence-electron chi connectivity index (χ0n) is 19.3. The van der Waals surface area contributed by atoms with Gasteiger partial charge in [-0.1, -0.05) is 42.5 Å². The number of para-hydroxylation sites is 2. The van der Waals surface area contributed by atoms with E-state index in [0.29, 0.717) is 11.5 Å². The highest BCUT2D eigenvalue weighted by Crippen LogP contribution is 2.41. The van der Waals surface area contributed by atoms with E-state index in [4.69, 9.17) is 14.7 Å². The summed E-state index contributed by atoms with van der Waals surface area (Å²) in [4.78, 5) is 9.89. The first-order valence-electron chi connectivity index (χ1n) is 12.3. The van der Waals surface area contributed by atoms with Crippen LogP contribution in [0.3, 0.4) is 0 Å². The fraction of sp³-hybridized carbons (Fsp3) is 0.310. The summed E-state index contributed by atoms with van der Waals surface area (Å²) in [5.41, 5.74) is 12.7. The Kier molecular flexibility index (Phi) is 5.73. The zero-order valence-corrected chi connectivity index (χ0v) is 19.3. The summed E-state index contributed by atoms with van der Waals surface area (Å²) in [5, 5.41) is 0. The van der Waals surface area contributed by atoms with Crippen LogP contribution in [0.5, 0.6) is 11.5 Å². The minimum Gasteiger partial charge on any atom is -0.457 e. The van der Waals surface area contributed by atoms with E-state index in [9.17, 15) is 0 Å². The Bertz CT molecular complexity index is 1270. The van der Waals surface area contributed by atoms with Crippen molar-refractivity contribution in [2.24, 2.45) is 0 Å². The second kappa shape index (κ2) is 9.16. The molecule has 0 unspecified atom stereocenters. The van der Waals surface area contributed by atoms with Crippen molar-refractivity contribution in [1.29, 1.82) is 0 Å². The predicted molar refractivity (Wildman–Crippen MR) is 135 cm³/mol. The average molecular weight is 451 g/mol. The van der Waals surface area contributed by atoms with E-state index in [1.165, 1.54) is 43.2 Å². The summed E-state index contributed by atoms with van der Waals surface area (Å²) in [6.07, 6.45) is 8.68. The molecule has 2 aliphatic rings. The molecular weight excluding hydrogens is 420 g/mol. The van der Waals surface area contributed by atoms with Crippen molar-refractivity contribution in [2.45, 2.75) is 50.0 Å². The molecule has 2 N–H and O–H groups in total. The number of hydrazine groups is 1. The van der Waals surface area contributed by atoms with Gasteiger partial charge in [-0.3, -0.25) is 15.8 Å². The standard InChI is InChI=1S/C29H30N4O/c1-2-7-24(8-3-1)34-25-9-4-6-21(19-25)18-23-20-30-27-11-5-10-26(28(27)32-23)22-12-14-29(15-13-22)16-17-31-33-29/h1-11,19-20,22,31,33H,12-18H2. The number of nitrogens with one attached hydrogen (secondary N) is 2. The third kappa shape index (κ3) is 4.41. The first-order chi connectivity index (χ1) is 16.8. The molecule has 6 rings (SSSR count). The number of ether oxygens (including phenoxy) is 1. The maximum atomic E-state index is 6.02. The molecule has 34 heavy (non-hydrogen) atoms. The Labute approximate surface area is 200 Å². The Morgan fingerprint density at radius 2 is 1.71 bits per heavy atom. The van der Waals surface area contributed by atoms with Crippen molar-refractivity contribution in [3.05, 3.63) is 95.8 Å². The predicted octanol–water partition coefficient (Wildman–Crippen LogP) is 5.91. The van der Waals surface area contributed by atoms with Gasteiger partial charge in [0, 0.05) is 24.7 Å². The first-order valence-corrected chi connectivity index (χ1v) is 12.3. The summed E-state index contributed by atoms with van der Waals surface area (Å²) in [5.74, 6) is 2.22. The van der Waals surface area contributed by atoms with Gasteiger partial charge in [-0.25, -0.2) is 4.98 Å². The number of hydrogen-bond donors (Lipinski definition) is 2. The van der Waals surface area contributed by atoms with E-state index < -0.39 is 0 Å². The van der Waals surface area contributed by atoms with Gasteiger partial charge in [0.2, 0.25) is 0 Å². The van der Waals surface area contributed by atoms with Gasteiger partial charge in [0.25, 0.3) is 0 Å². The van der Waals surface area contributed by atoms with Crippen LogP contribution >= 0.6 is 0 Å². The second-order valence-electron chi connectivity index (χ2n) is 9.67. The van der Waals surface area contributed by atoms with E-state index in [1.807, 2.05) is 48.7 Å². The molecule has 0 bridgehead atoms. The number of hydrogen-bond acceptors (Lipinski definition) is 5. The molecule has 0 atom stereocenters. The van der Waals surface area contributed by atoms with Gasteiger partial charge in [0.05, 0.1) is 16.7 Å². The van der Waals surface area contributed by atoms with Gasteiger partial charge in [-0.05, 0) is 79.5 Å². The Hall–Kier alpha value is -3.28. The number of fused-ring (bicyclic) bond motifs is 1. The summed E-state index contributed by atoms with van der Waals surface area (Å²) in [6, 6.07) is 24.6. The van der Waals surface area contributed by atoms with E-state index in [-0.39, 0.29) is 0 Å². The zero-order chi connectivity index (χ0) is 22.8. The Morgan fingerprint density at radius 3 is 2.53 bits per heavy atom. The molecule has 172 valence electrons. The molecule has 2 fully saturated rings. The van der Waals surface area contributed by atoms with Crippen molar-refractivity contribution in [2.75, 3.05) is 6.54 Å². The molecule has 1 spiro atoms. The lowest BCUT2D eigenvalue weighted by Crippen LogP contribution is -2.46. The summed E-state index contributed by atoms with van der Waals surface area (Å²) >= 11 is 0. The van der Waals surface area contributed by atoms with Crippen LogP contribution < -0.4 is 15.6 Å². The van der Waals surface area contributed by atoms with Crippen LogP contribution in [0.2, 0.25) is 0 Å². The van der Waals surface area contributed by atoms with E-state index in [0.717, 1.165) is 41.2 Å². The van der Waals surface area contributed by atoms with E-state index in [1.54, 1.807) is 0 Å². The quantitative estimate of drug-likeness (QED) is 0.396. The van der Waals surface area contributed by atoms with Crippen LogP contribution in [-0.2, 0) is 6.42 Å². The molecule has 1 aromatic heterocycles. The molecule has 1 aliphatic heterocycles. The maximum absolute atomic E-state index is 6.02. The number of nitrogens with zero attached hydrogens (tertiary/aromatic N) is 2. The molecule has 0 radical (unpaired) electrons. The molecule has 1 aliphatic carbocycles. The van der Waals surface area contributed by atoms with Gasteiger partial charge >= 0.3 is 0 Å². The molecule has 2 heterocycles. The Morgan fingerprint density at radius 1 is 0.882 bits per heavy atom. The molecule has 1 saturated carbocycles. The highest BCUT2D eigenvalue weighted by Gasteiger charge is 2.38. The maximum Gasteiger partial charge on any atom is 0.127 e. The largest absolute Gasteiger partial charge is 0.457 e. The summed E-state index contributed by atoms with van der Waals surface area (Å²) in [6.45, 7) is 1.07. The molecule has 0 amide bonds. The number of rotatable bonds is 5. The fourth-order valence-electron chi connectivity index (χ4n) is 5.53. The van der Waals surface area contributed by atoms with Crippen LogP contribution in [0.15, 0.2) is 79.0 Å². The van der Waals surface area contributed by atoms with Crippen LogP contribution in [0, 0.1) is 0 Å². The smallest absolute Gasteiger partial charge is 0.127 e. The topological polar surface area (TPSA) is 59.1 Å². The molecular formula is C29H30N4O. The average Bonchev–Trinajstić information content (AvgIpc) is 3.33. The number of aromatic nitrogens is 2. The van der Waals surface area contributed by atoms with Crippen molar-refractivity contribution >= 4 is 11.0 Å². The SMILES string of the molecule is c1ccc(Oc2cccc(Cc3cnc4cccc(C5CCC6(CCNN6)CC5)c4n3)c2)cc1. The van der Waals surface area contributed by atoms with Crippen molar-refractivity contribution in [3.8, 4) is 11.5 Å². The van der Waals surface area contributed by atoms with E-state index in [2.05, 4.69) is 41.2 Å². The van der Waals surface area contributed by atoms with Crippen molar-refractivity contribution in [1.82, 2.24) is 20.8 Å². The lowest BCUT2D eigenvalue weighted by atomic mass is 9.73. The second-order valence-corrected chi connectivity index (χ2v) is 9.67.